The van der Waals surface area contributed by atoms with Crippen molar-refractivity contribution < 1.29 is 17.9 Å². The monoisotopic (exact) mass is 400 g/mol. The van der Waals surface area contributed by atoms with Gasteiger partial charge in [0, 0.05) is 24.2 Å². The predicted molar refractivity (Wildman–Crippen MR) is 101 cm³/mol. The first-order valence-corrected chi connectivity index (χ1v) is 11.1. The van der Waals surface area contributed by atoms with Crippen molar-refractivity contribution in [2.24, 2.45) is 11.8 Å². The first-order chi connectivity index (χ1) is 12.4. The van der Waals surface area contributed by atoms with Crippen LogP contribution in [0.1, 0.15) is 26.2 Å². The first-order valence-electron chi connectivity index (χ1n) is 9.04. The molecule has 1 unspecified atom stereocenters. The van der Waals surface area contributed by atoms with Gasteiger partial charge in [0.15, 0.2) is 6.61 Å². The maximum absolute atomic E-state index is 12.5. The lowest BCUT2D eigenvalue weighted by molar-refractivity contribution is -0.135. The van der Waals surface area contributed by atoms with Crippen LogP contribution in [0.25, 0.3) is 0 Å². The highest BCUT2D eigenvalue weighted by atomic mass is 35.5. The van der Waals surface area contributed by atoms with Crippen LogP contribution in [-0.2, 0) is 14.8 Å². The van der Waals surface area contributed by atoms with Crippen LogP contribution in [-0.4, -0.2) is 50.7 Å². The molecule has 0 spiro atoms. The Labute approximate surface area is 159 Å². The van der Waals surface area contributed by atoms with Crippen LogP contribution in [0.5, 0.6) is 5.75 Å². The number of halogens is 1. The summed E-state index contributed by atoms with van der Waals surface area (Å²) < 4.78 is 32.6. The molecule has 1 aliphatic carbocycles. The normalized spacial score (nSPS) is 25.3. The van der Waals surface area contributed by atoms with Gasteiger partial charge in [0.2, 0.25) is 10.0 Å². The molecule has 1 aromatic rings. The summed E-state index contributed by atoms with van der Waals surface area (Å²) in [4.78, 5) is 14.3. The van der Waals surface area contributed by atoms with Crippen LogP contribution in [0, 0.1) is 11.8 Å². The smallest absolute Gasteiger partial charge is 0.260 e. The summed E-state index contributed by atoms with van der Waals surface area (Å²) >= 11 is 5.83. The van der Waals surface area contributed by atoms with E-state index in [1.54, 1.807) is 24.3 Å². The van der Waals surface area contributed by atoms with E-state index < -0.39 is 10.0 Å². The number of hydrogen-bond acceptors (Lipinski definition) is 4. The lowest BCUT2D eigenvalue weighted by Crippen LogP contribution is -2.54. The Hall–Kier alpha value is -1.31. The molecule has 0 radical (unpaired) electrons. The number of carbonyl (C=O) groups is 1. The standard InChI is InChI=1S/C18H25ClN2O4S/c1-2-9-26(23,24)20-18-13-3-4-14(18)11-21(10-13)17(22)12-25-16-7-5-15(19)6-8-16/h5-8,13-14,18,20H,2-4,9-12H2,1H3/t13-,14+,18?. The second-order valence-corrected chi connectivity index (χ2v) is 9.41. The van der Waals surface area contributed by atoms with Crippen LogP contribution in [0.4, 0.5) is 0 Å². The summed E-state index contributed by atoms with van der Waals surface area (Å²) in [5, 5.41) is 0.618. The Kier molecular flexibility index (Phi) is 6.10. The number of amides is 1. The number of benzene rings is 1. The largest absolute Gasteiger partial charge is 0.484 e. The molecule has 1 N–H and O–H groups in total. The van der Waals surface area contributed by atoms with Gasteiger partial charge >= 0.3 is 0 Å². The number of rotatable bonds is 7. The lowest BCUT2D eigenvalue weighted by atomic mass is 9.93. The molecule has 1 aromatic carbocycles. The van der Waals surface area contributed by atoms with Crippen LogP contribution in [0.2, 0.25) is 5.02 Å². The van der Waals surface area contributed by atoms with E-state index in [-0.39, 0.29) is 36.1 Å². The van der Waals surface area contributed by atoms with E-state index in [9.17, 15) is 13.2 Å². The van der Waals surface area contributed by atoms with Gasteiger partial charge in [-0.1, -0.05) is 18.5 Å². The Morgan fingerprint density at radius 1 is 1.23 bits per heavy atom. The van der Waals surface area contributed by atoms with E-state index >= 15 is 0 Å². The molecule has 1 heterocycles. The molecular weight excluding hydrogens is 376 g/mol. The van der Waals surface area contributed by atoms with E-state index in [1.807, 2.05) is 11.8 Å². The number of nitrogens with one attached hydrogen (secondary N) is 1. The number of nitrogens with zero attached hydrogens (tertiary/aromatic N) is 1. The summed E-state index contributed by atoms with van der Waals surface area (Å²) in [6, 6.07) is 6.85. The van der Waals surface area contributed by atoms with Gasteiger partial charge in [0.25, 0.3) is 5.91 Å². The van der Waals surface area contributed by atoms with Gasteiger partial charge < -0.3 is 9.64 Å². The van der Waals surface area contributed by atoms with Gasteiger partial charge in [-0.3, -0.25) is 4.79 Å². The molecule has 1 aliphatic heterocycles. The third-order valence-corrected chi connectivity index (χ3v) is 6.98. The molecule has 3 rings (SSSR count). The van der Waals surface area contributed by atoms with E-state index in [2.05, 4.69) is 4.72 Å². The summed E-state index contributed by atoms with van der Waals surface area (Å²) in [6.07, 6.45) is 2.50. The quantitative estimate of drug-likeness (QED) is 0.761. The Balaban J connectivity index is 1.54. The maximum Gasteiger partial charge on any atom is 0.260 e. The van der Waals surface area contributed by atoms with Crippen molar-refractivity contribution >= 4 is 27.5 Å². The van der Waals surface area contributed by atoms with E-state index in [0.29, 0.717) is 30.3 Å². The third kappa shape index (κ3) is 4.69. The summed E-state index contributed by atoms with van der Waals surface area (Å²) in [6.45, 7) is 3.00. The Morgan fingerprint density at radius 3 is 2.42 bits per heavy atom. The number of hydrogen-bond donors (Lipinski definition) is 1. The molecule has 2 bridgehead atoms. The number of sulfonamides is 1. The van der Waals surface area contributed by atoms with Gasteiger partial charge in [-0.25, -0.2) is 13.1 Å². The number of fused-ring (bicyclic) bond motifs is 2. The van der Waals surface area contributed by atoms with E-state index in [1.165, 1.54) is 0 Å². The zero-order chi connectivity index (χ0) is 18.7. The van der Waals surface area contributed by atoms with Crippen molar-refractivity contribution in [2.45, 2.75) is 32.2 Å². The molecule has 3 atom stereocenters. The summed E-state index contributed by atoms with van der Waals surface area (Å²) in [5.41, 5.74) is 0. The molecular formula is C18H25ClN2O4S. The molecule has 2 aliphatic rings. The number of carbonyl (C=O) groups excluding carboxylic acids is 1. The number of likely N-dealkylation sites (tertiary alicyclic amines) is 1. The SMILES string of the molecule is CCCS(=O)(=O)NC1[C@@H]2CC[C@H]1CN(C(=O)COc1ccc(Cl)cc1)C2. The molecule has 8 heteroatoms. The van der Waals surface area contributed by atoms with Gasteiger partial charge in [0.1, 0.15) is 5.75 Å². The maximum atomic E-state index is 12.5. The summed E-state index contributed by atoms with van der Waals surface area (Å²) in [7, 11) is -3.23. The third-order valence-electron chi connectivity index (χ3n) is 5.15. The van der Waals surface area contributed by atoms with Gasteiger partial charge in [-0.2, -0.15) is 0 Å². The highest BCUT2D eigenvalue weighted by Crippen LogP contribution is 2.37. The van der Waals surface area contributed by atoms with Crippen molar-refractivity contribution in [3.63, 3.8) is 0 Å². The molecule has 6 nitrogen and oxygen atoms in total. The second-order valence-electron chi connectivity index (χ2n) is 7.10. The first kappa shape index (κ1) is 19.5. The minimum Gasteiger partial charge on any atom is -0.484 e. The number of ether oxygens (including phenoxy) is 1. The lowest BCUT2D eigenvalue weighted by Gasteiger charge is -2.38. The average Bonchev–Trinajstić information content (AvgIpc) is 2.82. The van der Waals surface area contributed by atoms with E-state index in [0.717, 1.165) is 12.8 Å². The van der Waals surface area contributed by atoms with Crippen molar-refractivity contribution in [3.8, 4) is 5.75 Å². The minimum absolute atomic E-state index is 0.0205. The molecule has 26 heavy (non-hydrogen) atoms. The van der Waals surface area contributed by atoms with Gasteiger partial charge in [0.05, 0.1) is 5.75 Å². The molecule has 1 saturated heterocycles. The predicted octanol–water partition coefficient (Wildman–Crippen LogP) is 2.29. The number of piperidine rings is 1. The van der Waals surface area contributed by atoms with Crippen molar-refractivity contribution in [3.05, 3.63) is 29.3 Å². The topological polar surface area (TPSA) is 75.7 Å². The van der Waals surface area contributed by atoms with E-state index in [4.69, 9.17) is 16.3 Å². The second kappa shape index (κ2) is 8.15. The molecule has 1 saturated carbocycles. The zero-order valence-electron chi connectivity index (χ0n) is 14.9. The highest BCUT2D eigenvalue weighted by molar-refractivity contribution is 7.89. The van der Waals surface area contributed by atoms with Crippen LogP contribution >= 0.6 is 11.6 Å². The fraction of sp³-hybridized carbons (Fsp3) is 0.611. The molecule has 0 aromatic heterocycles. The van der Waals surface area contributed by atoms with Crippen molar-refractivity contribution in [2.75, 3.05) is 25.4 Å². The van der Waals surface area contributed by atoms with Crippen LogP contribution in [0.15, 0.2) is 24.3 Å². The minimum atomic E-state index is -3.23. The Morgan fingerprint density at radius 2 is 1.85 bits per heavy atom. The van der Waals surface area contributed by atoms with Gasteiger partial charge in [-0.15, -0.1) is 0 Å². The Bertz CT molecular complexity index is 724. The van der Waals surface area contributed by atoms with Crippen molar-refractivity contribution in [1.82, 2.24) is 9.62 Å². The molecule has 2 fully saturated rings. The molecule has 1 amide bonds. The van der Waals surface area contributed by atoms with Crippen LogP contribution in [0.3, 0.4) is 0 Å². The fourth-order valence-electron chi connectivity index (χ4n) is 3.92. The van der Waals surface area contributed by atoms with Crippen molar-refractivity contribution in [1.29, 1.82) is 0 Å². The van der Waals surface area contributed by atoms with Gasteiger partial charge in [-0.05, 0) is 55.4 Å². The summed E-state index contributed by atoms with van der Waals surface area (Å²) in [5.74, 6) is 1.06. The van der Waals surface area contributed by atoms with Crippen LogP contribution < -0.4 is 9.46 Å². The molecule has 144 valence electrons. The average molecular weight is 401 g/mol. The zero-order valence-corrected chi connectivity index (χ0v) is 16.4. The highest BCUT2D eigenvalue weighted by Gasteiger charge is 2.44. The fourth-order valence-corrected chi connectivity index (χ4v) is 5.50.